The molecule has 5 heteroatoms. The van der Waals surface area contributed by atoms with Crippen molar-refractivity contribution in [2.24, 2.45) is 0 Å². The normalized spacial score (nSPS) is 26.8. The van der Waals surface area contributed by atoms with Gasteiger partial charge in [-0.25, -0.2) is 4.39 Å². The zero-order chi connectivity index (χ0) is 13.9. The fourth-order valence-electron chi connectivity index (χ4n) is 2.89. The van der Waals surface area contributed by atoms with Crippen molar-refractivity contribution >= 4 is 5.91 Å². The van der Waals surface area contributed by atoms with Crippen LogP contribution in [0.15, 0.2) is 24.3 Å². The Labute approximate surface area is 117 Å². The standard InChI is InChI=1S/C15H19FN2O2/c16-12-5-2-1-4-11(12)14-10-18(8-9-20-14)15(19)13-6-3-7-17-13/h1-2,4-5,13-14,17H,3,6-10H2/t13-,14+/m0/s1. The number of halogens is 1. The van der Waals surface area contributed by atoms with Gasteiger partial charge in [0.1, 0.15) is 11.9 Å². The Balaban J connectivity index is 1.70. The Morgan fingerprint density at radius 1 is 1.40 bits per heavy atom. The molecule has 3 rings (SSSR count). The predicted octanol–water partition coefficient (Wildman–Crippen LogP) is 1.48. The van der Waals surface area contributed by atoms with Gasteiger partial charge in [0, 0.05) is 12.1 Å². The maximum atomic E-state index is 13.8. The topological polar surface area (TPSA) is 41.6 Å². The van der Waals surface area contributed by atoms with Crippen molar-refractivity contribution in [1.82, 2.24) is 10.2 Å². The fourth-order valence-corrected chi connectivity index (χ4v) is 2.89. The summed E-state index contributed by atoms with van der Waals surface area (Å²) in [5.74, 6) is -0.155. The van der Waals surface area contributed by atoms with E-state index in [0.717, 1.165) is 19.4 Å². The van der Waals surface area contributed by atoms with Crippen LogP contribution in [0.2, 0.25) is 0 Å². The number of carbonyl (C=O) groups excluding carboxylic acids is 1. The quantitative estimate of drug-likeness (QED) is 0.891. The first-order valence-corrected chi connectivity index (χ1v) is 7.14. The van der Waals surface area contributed by atoms with E-state index in [9.17, 15) is 9.18 Å². The van der Waals surface area contributed by atoms with Crippen molar-refractivity contribution in [1.29, 1.82) is 0 Å². The molecule has 1 amide bonds. The minimum Gasteiger partial charge on any atom is -0.370 e. The number of nitrogens with one attached hydrogen (secondary N) is 1. The summed E-state index contributed by atoms with van der Waals surface area (Å²) < 4.78 is 19.4. The van der Waals surface area contributed by atoms with Crippen LogP contribution in [0.4, 0.5) is 4.39 Å². The number of hydrogen-bond donors (Lipinski definition) is 1. The third kappa shape index (κ3) is 2.69. The Bertz CT molecular complexity index is 489. The molecule has 20 heavy (non-hydrogen) atoms. The third-order valence-electron chi connectivity index (χ3n) is 3.99. The highest BCUT2D eigenvalue weighted by atomic mass is 19.1. The van der Waals surface area contributed by atoms with Gasteiger partial charge < -0.3 is 15.0 Å². The van der Waals surface area contributed by atoms with Crippen molar-refractivity contribution in [2.45, 2.75) is 25.0 Å². The van der Waals surface area contributed by atoms with Crippen LogP contribution in [0.3, 0.4) is 0 Å². The fraction of sp³-hybridized carbons (Fsp3) is 0.533. The molecule has 0 spiro atoms. The van der Waals surface area contributed by atoms with E-state index in [4.69, 9.17) is 4.74 Å². The second kappa shape index (κ2) is 5.89. The molecule has 1 aromatic rings. The summed E-state index contributed by atoms with van der Waals surface area (Å²) in [6.45, 7) is 2.37. The molecule has 2 atom stereocenters. The zero-order valence-corrected chi connectivity index (χ0v) is 11.3. The van der Waals surface area contributed by atoms with E-state index in [1.807, 2.05) is 0 Å². The van der Waals surface area contributed by atoms with Crippen LogP contribution in [-0.4, -0.2) is 43.1 Å². The molecular weight excluding hydrogens is 259 g/mol. The number of carbonyl (C=O) groups is 1. The van der Waals surface area contributed by atoms with Crippen LogP contribution >= 0.6 is 0 Å². The first kappa shape index (κ1) is 13.5. The molecule has 0 unspecified atom stereocenters. The van der Waals surface area contributed by atoms with Gasteiger partial charge in [0.2, 0.25) is 5.91 Å². The van der Waals surface area contributed by atoms with Gasteiger partial charge in [-0.2, -0.15) is 0 Å². The lowest BCUT2D eigenvalue weighted by Crippen LogP contribution is -2.49. The molecule has 0 aliphatic carbocycles. The average molecular weight is 278 g/mol. The van der Waals surface area contributed by atoms with E-state index in [2.05, 4.69) is 5.32 Å². The monoisotopic (exact) mass is 278 g/mol. The molecule has 0 aromatic heterocycles. The largest absolute Gasteiger partial charge is 0.370 e. The summed E-state index contributed by atoms with van der Waals surface area (Å²) in [6.07, 6.45) is 1.56. The van der Waals surface area contributed by atoms with Gasteiger partial charge >= 0.3 is 0 Å². The summed E-state index contributed by atoms with van der Waals surface area (Å²) in [6, 6.07) is 6.53. The first-order valence-electron chi connectivity index (χ1n) is 7.14. The summed E-state index contributed by atoms with van der Waals surface area (Å²) in [5.41, 5.74) is 0.532. The minimum atomic E-state index is -0.365. The smallest absolute Gasteiger partial charge is 0.239 e. The van der Waals surface area contributed by atoms with Crippen molar-refractivity contribution in [3.8, 4) is 0 Å². The molecule has 2 heterocycles. The lowest BCUT2D eigenvalue weighted by Gasteiger charge is -2.34. The van der Waals surface area contributed by atoms with E-state index < -0.39 is 0 Å². The lowest BCUT2D eigenvalue weighted by molar-refractivity contribution is -0.141. The van der Waals surface area contributed by atoms with Gasteiger partial charge in [-0.1, -0.05) is 18.2 Å². The average Bonchev–Trinajstić information content (AvgIpc) is 3.01. The van der Waals surface area contributed by atoms with Gasteiger partial charge in [0.25, 0.3) is 0 Å². The van der Waals surface area contributed by atoms with Gasteiger partial charge in [-0.15, -0.1) is 0 Å². The Morgan fingerprint density at radius 3 is 3.00 bits per heavy atom. The van der Waals surface area contributed by atoms with E-state index in [1.54, 1.807) is 23.1 Å². The van der Waals surface area contributed by atoms with Crippen molar-refractivity contribution in [3.63, 3.8) is 0 Å². The summed E-state index contributed by atoms with van der Waals surface area (Å²) in [4.78, 5) is 14.2. The molecule has 2 fully saturated rings. The molecule has 1 aromatic carbocycles. The molecule has 2 aliphatic rings. The molecule has 2 saturated heterocycles. The summed E-state index contributed by atoms with van der Waals surface area (Å²) in [7, 11) is 0. The molecule has 108 valence electrons. The van der Waals surface area contributed by atoms with Crippen LogP contribution < -0.4 is 5.32 Å². The van der Waals surface area contributed by atoms with Gasteiger partial charge in [0.05, 0.1) is 19.2 Å². The van der Waals surface area contributed by atoms with Gasteiger partial charge in [0.15, 0.2) is 0 Å². The Morgan fingerprint density at radius 2 is 2.25 bits per heavy atom. The highest BCUT2D eigenvalue weighted by Crippen LogP contribution is 2.25. The summed E-state index contributed by atoms with van der Waals surface area (Å²) in [5, 5.41) is 3.21. The maximum absolute atomic E-state index is 13.8. The number of nitrogens with zero attached hydrogens (tertiary/aromatic N) is 1. The van der Waals surface area contributed by atoms with E-state index >= 15 is 0 Å². The van der Waals surface area contributed by atoms with E-state index in [-0.39, 0.29) is 23.9 Å². The molecular formula is C15H19FN2O2. The van der Waals surface area contributed by atoms with Crippen LogP contribution in [0.5, 0.6) is 0 Å². The van der Waals surface area contributed by atoms with Crippen LogP contribution in [0, 0.1) is 5.82 Å². The van der Waals surface area contributed by atoms with E-state index in [0.29, 0.717) is 25.3 Å². The SMILES string of the molecule is O=C([C@@H]1CCCN1)N1CCO[C@@H](c2ccccc2F)C1. The highest BCUT2D eigenvalue weighted by molar-refractivity contribution is 5.82. The number of amides is 1. The summed E-state index contributed by atoms with van der Waals surface area (Å²) >= 11 is 0. The van der Waals surface area contributed by atoms with Crippen LogP contribution in [0.25, 0.3) is 0 Å². The number of benzene rings is 1. The van der Waals surface area contributed by atoms with E-state index in [1.165, 1.54) is 6.07 Å². The molecule has 0 saturated carbocycles. The first-order chi connectivity index (χ1) is 9.75. The second-order valence-electron chi connectivity index (χ2n) is 5.31. The van der Waals surface area contributed by atoms with Crippen molar-refractivity contribution in [3.05, 3.63) is 35.6 Å². The van der Waals surface area contributed by atoms with Gasteiger partial charge in [-0.05, 0) is 25.5 Å². The number of rotatable bonds is 2. The van der Waals surface area contributed by atoms with Crippen molar-refractivity contribution < 1.29 is 13.9 Å². The highest BCUT2D eigenvalue weighted by Gasteiger charge is 2.32. The molecule has 0 radical (unpaired) electrons. The van der Waals surface area contributed by atoms with Crippen molar-refractivity contribution in [2.75, 3.05) is 26.2 Å². The maximum Gasteiger partial charge on any atom is 0.239 e. The second-order valence-corrected chi connectivity index (χ2v) is 5.31. The number of hydrogen-bond acceptors (Lipinski definition) is 3. The predicted molar refractivity (Wildman–Crippen MR) is 72.7 cm³/mol. The third-order valence-corrected chi connectivity index (χ3v) is 3.99. The van der Waals surface area contributed by atoms with Crippen LogP contribution in [-0.2, 0) is 9.53 Å². The van der Waals surface area contributed by atoms with Crippen LogP contribution in [0.1, 0.15) is 24.5 Å². The molecule has 2 aliphatic heterocycles. The molecule has 4 nitrogen and oxygen atoms in total. The molecule has 0 bridgehead atoms. The van der Waals surface area contributed by atoms with Gasteiger partial charge in [-0.3, -0.25) is 4.79 Å². The number of ether oxygens (including phenoxy) is 1. The minimum absolute atomic E-state index is 0.0747. The Hall–Kier alpha value is -1.46. The molecule has 1 N–H and O–H groups in total. The lowest BCUT2D eigenvalue weighted by atomic mass is 10.1. The number of morpholine rings is 1. The zero-order valence-electron chi connectivity index (χ0n) is 11.3. The Kier molecular flexibility index (Phi) is 3.98.